The van der Waals surface area contributed by atoms with E-state index in [4.69, 9.17) is 5.73 Å². The molecule has 2 heterocycles. The molecule has 1 aromatic carbocycles. The maximum atomic E-state index is 13.0. The van der Waals surface area contributed by atoms with Crippen molar-refractivity contribution < 1.29 is 9.18 Å². The number of amides is 1. The molecule has 0 radical (unpaired) electrons. The van der Waals surface area contributed by atoms with E-state index in [2.05, 4.69) is 18.8 Å². The number of likely N-dealkylation sites (tertiary alicyclic amines) is 1. The van der Waals surface area contributed by atoms with E-state index >= 15 is 0 Å². The number of nitrogens with two attached hydrogens (primary N) is 1. The minimum absolute atomic E-state index is 0. The lowest BCUT2D eigenvalue weighted by Gasteiger charge is -2.42. The number of halogens is 3. The molecule has 2 N–H and O–H groups in total. The number of aromatic nitrogens is 1. The number of nitrogens with zero attached hydrogens (tertiary/aromatic N) is 2. The predicted octanol–water partition coefficient (Wildman–Crippen LogP) is 3.99. The standard InChI is InChI=1S/C17H20FN3OS.2ClH/c1-17(2)10-21(8-7-14(17)19)16(22)13-9-23-15(20-13)11-3-5-12(18)6-4-11;;/h3-6,9,14H,7-8,10,19H2,1-2H3;2*1H. The molecule has 1 aromatic heterocycles. The lowest BCUT2D eigenvalue weighted by atomic mass is 9.79. The van der Waals surface area contributed by atoms with Crippen molar-refractivity contribution in [1.82, 2.24) is 9.88 Å². The van der Waals surface area contributed by atoms with Gasteiger partial charge in [0.15, 0.2) is 0 Å². The topological polar surface area (TPSA) is 59.2 Å². The summed E-state index contributed by atoms with van der Waals surface area (Å²) in [5.74, 6) is -0.344. The number of thiazole rings is 1. The highest BCUT2D eigenvalue weighted by atomic mass is 35.5. The number of hydrogen-bond donors (Lipinski definition) is 1. The summed E-state index contributed by atoms with van der Waals surface area (Å²) in [5.41, 5.74) is 7.29. The van der Waals surface area contributed by atoms with Crippen LogP contribution in [0.5, 0.6) is 0 Å². The second-order valence-electron chi connectivity index (χ2n) is 6.66. The van der Waals surface area contributed by atoms with Crippen LogP contribution < -0.4 is 5.73 Å². The normalized spacial score (nSPS) is 18.9. The van der Waals surface area contributed by atoms with E-state index in [1.165, 1.54) is 23.5 Å². The smallest absolute Gasteiger partial charge is 0.273 e. The summed E-state index contributed by atoms with van der Waals surface area (Å²) in [6.45, 7) is 5.47. The molecule has 138 valence electrons. The Morgan fingerprint density at radius 2 is 1.96 bits per heavy atom. The van der Waals surface area contributed by atoms with Gasteiger partial charge >= 0.3 is 0 Å². The molecule has 0 spiro atoms. The van der Waals surface area contributed by atoms with E-state index in [0.29, 0.717) is 18.8 Å². The Balaban J connectivity index is 0.00000156. The number of rotatable bonds is 2. The maximum absolute atomic E-state index is 13.0. The number of carbonyl (C=O) groups excluding carboxylic acids is 1. The Bertz CT molecular complexity index is 721. The Kier molecular flexibility index (Phi) is 7.38. The van der Waals surface area contributed by atoms with Gasteiger partial charge < -0.3 is 10.6 Å². The molecule has 1 atom stereocenters. The average Bonchev–Trinajstić information content (AvgIpc) is 3.00. The first kappa shape index (κ1) is 21.8. The zero-order valence-corrected chi connectivity index (χ0v) is 16.5. The van der Waals surface area contributed by atoms with Gasteiger partial charge in [-0.3, -0.25) is 4.79 Å². The van der Waals surface area contributed by atoms with E-state index < -0.39 is 0 Å². The van der Waals surface area contributed by atoms with Crippen LogP contribution in [0.3, 0.4) is 0 Å². The highest BCUT2D eigenvalue weighted by Crippen LogP contribution is 2.30. The lowest BCUT2D eigenvalue weighted by Crippen LogP contribution is -2.54. The fourth-order valence-corrected chi connectivity index (χ4v) is 3.61. The molecule has 3 rings (SSSR count). The Morgan fingerprint density at radius 3 is 2.56 bits per heavy atom. The van der Waals surface area contributed by atoms with Gasteiger partial charge in [0, 0.05) is 30.1 Å². The molecule has 1 aliphatic heterocycles. The average molecular weight is 406 g/mol. The first-order valence-corrected chi connectivity index (χ1v) is 8.51. The maximum Gasteiger partial charge on any atom is 0.273 e. The molecule has 0 aliphatic carbocycles. The molecule has 1 saturated heterocycles. The van der Waals surface area contributed by atoms with Gasteiger partial charge in [0.1, 0.15) is 16.5 Å². The fourth-order valence-electron chi connectivity index (χ4n) is 2.81. The minimum atomic E-state index is -0.284. The molecule has 0 bridgehead atoms. The molecule has 4 nitrogen and oxygen atoms in total. The van der Waals surface area contributed by atoms with Crippen molar-refractivity contribution in [2.24, 2.45) is 11.1 Å². The molecule has 1 fully saturated rings. The quantitative estimate of drug-likeness (QED) is 0.821. The van der Waals surface area contributed by atoms with Gasteiger partial charge in [-0.05, 0) is 36.1 Å². The van der Waals surface area contributed by atoms with Crippen LogP contribution in [-0.4, -0.2) is 34.9 Å². The summed E-state index contributed by atoms with van der Waals surface area (Å²) < 4.78 is 13.0. The van der Waals surface area contributed by atoms with E-state index in [1.54, 1.807) is 17.5 Å². The molecule has 25 heavy (non-hydrogen) atoms. The summed E-state index contributed by atoms with van der Waals surface area (Å²) in [4.78, 5) is 18.9. The first-order chi connectivity index (χ1) is 10.9. The van der Waals surface area contributed by atoms with Crippen molar-refractivity contribution in [2.45, 2.75) is 26.3 Å². The SMILES string of the molecule is CC1(C)CN(C(=O)c2csc(-c3ccc(F)cc3)n2)CCC1N.Cl.Cl. The number of benzene rings is 1. The van der Waals surface area contributed by atoms with Crippen molar-refractivity contribution in [3.8, 4) is 10.6 Å². The molecular formula is C17H22Cl2FN3OS. The van der Waals surface area contributed by atoms with Gasteiger partial charge in [0.25, 0.3) is 5.91 Å². The molecule has 1 unspecified atom stereocenters. The molecule has 8 heteroatoms. The van der Waals surface area contributed by atoms with Gasteiger partial charge in [-0.25, -0.2) is 9.37 Å². The van der Waals surface area contributed by atoms with E-state index in [1.807, 2.05) is 4.90 Å². The highest BCUT2D eigenvalue weighted by Gasteiger charge is 2.36. The Morgan fingerprint density at radius 1 is 1.32 bits per heavy atom. The third-order valence-electron chi connectivity index (χ3n) is 4.41. The van der Waals surface area contributed by atoms with Gasteiger partial charge in [-0.15, -0.1) is 36.2 Å². The fraction of sp³-hybridized carbons (Fsp3) is 0.412. The van der Waals surface area contributed by atoms with E-state index in [0.717, 1.165) is 17.0 Å². The summed E-state index contributed by atoms with van der Waals surface area (Å²) in [5, 5.41) is 2.49. The zero-order chi connectivity index (χ0) is 16.6. The predicted molar refractivity (Wildman–Crippen MR) is 104 cm³/mol. The number of carbonyl (C=O) groups is 1. The van der Waals surface area contributed by atoms with Crippen LogP contribution >= 0.6 is 36.2 Å². The highest BCUT2D eigenvalue weighted by molar-refractivity contribution is 7.13. The largest absolute Gasteiger partial charge is 0.337 e. The van der Waals surface area contributed by atoms with Crippen LogP contribution in [0.25, 0.3) is 10.6 Å². The van der Waals surface area contributed by atoms with E-state index in [-0.39, 0.29) is 48.0 Å². The monoisotopic (exact) mass is 405 g/mol. The van der Waals surface area contributed by atoms with Crippen LogP contribution in [0.15, 0.2) is 29.6 Å². The minimum Gasteiger partial charge on any atom is -0.337 e. The van der Waals surface area contributed by atoms with Crippen molar-refractivity contribution in [3.63, 3.8) is 0 Å². The van der Waals surface area contributed by atoms with Crippen LogP contribution in [0, 0.1) is 11.2 Å². The Hall–Kier alpha value is -1.21. The first-order valence-electron chi connectivity index (χ1n) is 7.63. The molecule has 1 amide bonds. The summed E-state index contributed by atoms with van der Waals surface area (Å²) >= 11 is 1.40. The molecule has 1 aliphatic rings. The van der Waals surface area contributed by atoms with Crippen molar-refractivity contribution in [2.75, 3.05) is 13.1 Å². The summed E-state index contributed by atoms with van der Waals surface area (Å²) in [6, 6.07) is 6.24. The van der Waals surface area contributed by atoms with Gasteiger partial charge in [-0.2, -0.15) is 0 Å². The third kappa shape index (κ3) is 4.70. The van der Waals surface area contributed by atoms with Crippen molar-refractivity contribution in [3.05, 3.63) is 41.2 Å². The molecular weight excluding hydrogens is 384 g/mol. The second kappa shape index (κ2) is 8.45. The van der Waals surface area contributed by atoms with Crippen LogP contribution in [0.2, 0.25) is 0 Å². The number of hydrogen-bond acceptors (Lipinski definition) is 4. The Labute approximate surface area is 163 Å². The van der Waals surface area contributed by atoms with Gasteiger partial charge in [-0.1, -0.05) is 13.8 Å². The summed E-state index contributed by atoms with van der Waals surface area (Å²) in [7, 11) is 0. The van der Waals surface area contributed by atoms with Crippen LogP contribution in [0.4, 0.5) is 4.39 Å². The lowest BCUT2D eigenvalue weighted by molar-refractivity contribution is 0.0528. The zero-order valence-electron chi connectivity index (χ0n) is 14.1. The third-order valence-corrected chi connectivity index (χ3v) is 5.31. The van der Waals surface area contributed by atoms with Gasteiger partial charge in [0.05, 0.1) is 0 Å². The van der Waals surface area contributed by atoms with Crippen molar-refractivity contribution >= 4 is 42.1 Å². The van der Waals surface area contributed by atoms with Crippen molar-refractivity contribution in [1.29, 1.82) is 0 Å². The summed E-state index contributed by atoms with van der Waals surface area (Å²) in [6.07, 6.45) is 0.799. The second-order valence-corrected chi connectivity index (χ2v) is 7.51. The van der Waals surface area contributed by atoms with E-state index in [9.17, 15) is 9.18 Å². The molecule has 0 saturated carbocycles. The van der Waals surface area contributed by atoms with Crippen LogP contribution in [-0.2, 0) is 0 Å². The number of piperidine rings is 1. The van der Waals surface area contributed by atoms with Crippen LogP contribution in [0.1, 0.15) is 30.8 Å². The molecule has 2 aromatic rings. The van der Waals surface area contributed by atoms with Gasteiger partial charge in [0.2, 0.25) is 0 Å².